The topological polar surface area (TPSA) is 46.5 Å². The molecule has 64 valence electrons. The van der Waals surface area contributed by atoms with Gasteiger partial charge in [-0.2, -0.15) is 0 Å². The largest absolute Gasteiger partial charge is 0.505 e. The standard InChI is InChI=1S/C8H7FO3/c1-12-7-3-2-6(11)8(9)5(7)4-10/h2-4,11H,1H3. The first-order valence-electron chi connectivity index (χ1n) is 3.21. The van der Waals surface area contributed by atoms with Gasteiger partial charge in [0, 0.05) is 0 Å². The van der Waals surface area contributed by atoms with E-state index in [0.717, 1.165) is 6.07 Å². The molecule has 0 saturated carbocycles. The number of hydrogen-bond donors (Lipinski definition) is 1. The van der Waals surface area contributed by atoms with Crippen molar-refractivity contribution in [3.63, 3.8) is 0 Å². The Hall–Kier alpha value is -1.58. The Labute approximate surface area is 68.4 Å². The predicted octanol–water partition coefficient (Wildman–Crippen LogP) is 1.35. The Morgan fingerprint density at radius 2 is 2.25 bits per heavy atom. The summed E-state index contributed by atoms with van der Waals surface area (Å²) in [7, 11) is 1.32. The summed E-state index contributed by atoms with van der Waals surface area (Å²) >= 11 is 0. The lowest BCUT2D eigenvalue weighted by Gasteiger charge is -2.04. The zero-order valence-electron chi connectivity index (χ0n) is 6.37. The fraction of sp³-hybridized carbons (Fsp3) is 0.125. The average molecular weight is 170 g/mol. The first-order chi connectivity index (χ1) is 5.70. The fourth-order valence-electron chi connectivity index (χ4n) is 0.852. The van der Waals surface area contributed by atoms with E-state index in [1.54, 1.807) is 0 Å². The van der Waals surface area contributed by atoms with Crippen molar-refractivity contribution in [2.45, 2.75) is 0 Å². The normalized spacial score (nSPS) is 9.50. The van der Waals surface area contributed by atoms with Crippen LogP contribution >= 0.6 is 0 Å². The Morgan fingerprint density at radius 1 is 1.58 bits per heavy atom. The van der Waals surface area contributed by atoms with E-state index in [1.807, 2.05) is 0 Å². The molecule has 0 unspecified atom stereocenters. The van der Waals surface area contributed by atoms with Crippen molar-refractivity contribution in [2.75, 3.05) is 7.11 Å². The molecule has 0 heterocycles. The Balaban J connectivity index is 3.35. The molecule has 0 aliphatic rings. The summed E-state index contributed by atoms with van der Waals surface area (Å²) in [5.74, 6) is -1.40. The van der Waals surface area contributed by atoms with Crippen molar-refractivity contribution in [1.29, 1.82) is 0 Å². The lowest BCUT2D eigenvalue weighted by Crippen LogP contribution is -1.94. The van der Waals surface area contributed by atoms with E-state index < -0.39 is 11.6 Å². The number of rotatable bonds is 2. The maximum absolute atomic E-state index is 12.9. The van der Waals surface area contributed by atoms with Gasteiger partial charge in [-0.25, -0.2) is 4.39 Å². The number of phenolic OH excluding ortho intramolecular Hbond substituents is 1. The van der Waals surface area contributed by atoms with E-state index in [2.05, 4.69) is 4.74 Å². The molecule has 4 heteroatoms. The maximum Gasteiger partial charge on any atom is 0.179 e. The Morgan fingerprint density at radius 3 is 2.75 bits per heavy atom. The van der Waals surface area contributed by atoms with Crippen molar-refractivity contribution >= 4 is 6.29 Å². The van der Waals surface area contributed by atoms with Crippen LogP contribution in [0.2, 0.25) is 0 Å². The highest BCUT2D eigenvalue weighted by atomic mass is 19.1. The van der Waals surface area contributed by atoms with E-state index in [-0.39, 0.29) is 11.3 Å². The third-order valence-electron chi connectivity index (χ3n) is 1.46. The van der Waals surface area contributed by atoms with Crippen LogP contribution < -0.4 is 4.74 Å². The van der Waals surface area contributed by atoms with Gasteiger partial charge in [0.15, 0.2) is 17.9 Å². The number of methoxy groups -OCH3 is 1. The van der Waals surface area contributed by atoms with Gasteiger partial charge in [0.25, 0.3) is 0 Å². The summed E-state index contributed by atoms with van der Waals surface area (Å²) in [6.45, 7) is 0. The van der Waals surface area contributed by atoms with Crippen LogP contribution in [0.4, 0.5) is 4.39 Å². The molecule has 1 aromatic rings. The van der Waals surface area contributed by atoms with Gasteiger partial charge < -0.3 is 9.84 Å². The minimum Gasteiger partial charge on any atom is -0.505 e. The minimum atomic E-state index is -0.954. The van der Waals surface area contributed by atoms with Crippen molar-refractivity contribution in [3.05, 3.63) is 23.5 Å². The second kappa shape index (κ2) is 3.21. The molecule has 0 aliphatic heterocycles. The van der Waals surface area contributed by atoms with Crippen LogP contribution in [0.15, 0.2) is 12.1 Å². The summed E-state index contributed by atoms with van der Waals surface area (Å²) in [5, 5.41) is 8.86. The highest BCUT2D eigenvalue weighted by Gasteiger charge is 2.11. The molecule has 1 rings (SSSR count). The molecule has 0 spiro atoms. The van der Waals surface area contributed by atoms with Crippen LogP contribution in [0, 0.1) is 5.82 Å². The summed E-state index contributed by atoms with van der Waals surface area (Å²) in [5.41, 5.74) is -0.266. The van der Waals surface area contributed by atoms with Gasteiger partial charge in [-0.05, 0) is 12.1 Å². The van der Waals surface area contributed by atoms with Crippen LogP contribution in [0.25, 0.3) is 0 Å². The third kappa shape index (κ3) is 1.23. The monoisotopic (exact) mass is 170 g/mol. The molecule has 0 fully saturated rings. The van der Waals surface area contributed by atoms with Crippen LogP contribution in [-0.2, 0) is 0 Å². The van der Waals surface area contributed by atoms with Crippen molar-refractivity contribution in [2.24, 2.45) is 0 Å². The lowest BCUT2D eigenvalue weighted by molar-refractivity contribution is 0.111. The Bertz CT molecular complexity index is 309. The number of benzene rings is 1. The number of aldehydes is 1. The van der Waals surface area contributed by atoms with Gasteiger partial charge in [-0.15, -0.1) is 0 Å². The zero-order chi connectivity index (χ0) is 9.14. The summed E-state index contributed by atoms with van der Waals surface area (Å²) in [4.78, 5) is 10.3. The first kappa shape index (κ1) is 8.52. The molecule has 0 radical (unpaired) electrons. The number of carbonyl (C=O) groups is 1. The number of ether oxygens (including phenoxy) is 1. The quantitative estimate of drug-likeness (QED) is 0.681. The third-order valence-corrected chi connectivity index (χ3v) is 1.46. The average Bonchev–Trinajstić information content (AvgIpc) is 2.09. The number of aromatic hydroxyl groups is 1. The molecule has 0 aromatic heterocycles. The van der Waals surface area contributed by atoms with E-state index in [1.165, 1.54) is 13.2 Å². The van der Waals surface area contributed by atoms with Gasteiger partial charge in [0.2, 0.25) is 0 Å². The van der Waals surface area contributed by atoms with Crippen molar-refractivity contribution in [1.82, 2.24) is 0 Å². The molecule has 0 amide bonds. The number of hydrogen-bond acceptors (Lipinski definition) is 3. The van der Waals surface area contributed by atoms with E-state index in [4.69, 9.17) is 5.11 Å². The molecule has 12 heavy (non-hydrogen) atoms. The summed E-state index contributed by atoms with van der Waals surface area (Å²) in [6.07, 6.45) is 0.299. The molecule has 3 nitrogen and oxygen atoms in total. The second-order valence-electron chi connectivity index (χ2n) is 2.13. The van der Waals surface area contributed by atoms with E-state index in [0.29, 0.717) is 6.29 Å². The first-order valence-corrected chi connectivity index (χ1v) is 3.21. The van der Waals surface area contributed by atoms with E-state index in [9.17, 15) is 9.18 Å². The van der Waals surface area contributed by atoms with Crippen molar-refractivity contribution in [3.8, 4) is 11.5 Å². The van der Waals surface area contributed by atoms with Crippen LogP contribution in [-0.4, -0.2) is 18.5 Å². The molecule has 0 bridgehead atoms. The van der Waals surface area contributed by atoms with Crippen LogP contribution in [0.1, 0.15) is 10.4 Å². The number of halogens is 1. The molecular weight excluding hydrogens is 163 g/mol. The van der Waals surface area contributed by atoms with Gasteiger partial charge in [0.1, 0.15) is 5.75 Å². The molecular formula is C8H7FO3. The van der Waals surface area contributed by atoms with Gasteiger partial charge in [0.05, 0.1) is 12.7 Å². The minimum absolute atomic E-state index is 0.111. The molecule has 1 N–H and O–H groups in total. The smallest absolute Gasteiger partial charge is 0.179 e. The number of phenols is 1. The van der Waals surface area contributed by atoms with Crippen LogP contribution in [0.3, 0.4) is 0 Å². The molecule has 1 aromatic carbocycles. The number of carbonyl (C=O) groups excluding carboxylic acids is 1. The molecule has 0 saturated heterocycles. The summed E-state index contributed by atoms with van der Waals surface area (Å²) in [6, 6.07) is 2.45. The van der Waals surface area contributed by atoms with Crippen LogP contribution in [0.5, 0.6) is 11.5 Å². The zero-order valence-corrected chi connectivity index (χ0v) is 6.37. The molecule has 0 atom stereocenters. The predicted molar refractivity (Wildman–Crippen MR) is 40.0 cm³/mol. The van der Waals surface area contributed by atoms with Gasteiger partial charge in [-0.3, -0.25) is 4.79 Å². The summed E-state index contributed by atoms with van der Waals surface area (Å²) < 4.78 is 17.6. The lowest BCUT2D eigenvalue weighted by atomic mass is 10.2. The van der Waals surface area contributed by atoms with Crippen molar-refractivity contribution < 1.29 is 19.0 Å². The highest BCUT2D eigenvalue weighted by Crippen LogP contribution is 2.26. The maximum atomic E-state index is 12.9. The SMILES string of the molecule is COc1ccc(O)c(F)c1C=O. The van der Waals surface area contributed by atoms with Gasteiger partial charge in [-0.1, -0.05) is 0 Å². The fourth-order valence-corrected chi connectivity index (χ4v) is 0.852. The second-order valence-corrected chi connectivity index (χ2v) is 2.13. The Kier molecular flexibility index (Phi) is 2.28. The van der Waals surface area contributed by atoms with Gasteiger partial charge >= 0.3 is 0 Å². The van der Waals surface area contributed by atoms with E-state index >= 15 is 0 Å². The molecule has 0 aliphatic carbocycles. The highest BCUT2D eigenvalue weighted by molar-refractivity contribution is 5.80.